The second-order valence-electron chi connectivity index (χ2n) is 5.97. The normalized spacial score (nSPS) is 13.2. The number of carbonyl (C=O) groups excluding carboxylic acids is 2. The van der Waals surface area contributed by atoms with Crippen molar-refractivity contribution in [1.82, 2.24) is 5.32 Å². The van der Waals surface area contributed by atoms with Crippen LogP contribution in [0.15, 0.2) is 46.9 Å². The first-order valence-corrected chi connectivity index (χ1v) is 8.24. The van der Waals surface area contributed by atoms with Crippen LogP contribution >= 0.6 is 0 Å². The SMILES string of the molecule is CCC(C)C(NC(=O)CCc1ccc(-c2ccccc2)o1)C(N)=O. The summed E-state index contributed by atoms with van der Waals surface area (Å²) in [6, 6.07) is 12.9. The highest BCUT2D eigenvalue weighted by Gasteiger charge is 2.23. The topological polar surface area (TPSA) is 85.3 Å². The van der Waals surface area contributed by atoms with Gasteiger partial charge < -0.3 is 15.5 Å². The number of nitrogens with one attached hydrogen (secondary N) is 1. The molecule has 0 aliphatic rings. The van der Waals surface area contributed by atoms with E-state index in [0.717, 1.165) is 23.5 Å². The number of rotatable bonds is 8. The minimum absolute atomic E-state index is 0.0137. The van der Waals surface area contributed by atoms with E-state index in [0.29, 0.717) is 6.42 Å². The Kier molecular flexibility index (Phi) is 6.18. The van der Waals surface area contributed by atoms with Gasteiger partial charge in [-0.25, -0.2) is 0 Å². The summed E-state index contributed by atoms with van der Waals surface area (Å²) in [5, 5.41) is 2.72. The lowest BCUT2D eigenvalue weighted by atomic mass is 9.98. The number of hydrogen-bond acceptors (Lipinski definition) is 3. The number of carbonyl (C=O) groups is 2. The lowest BCUT2D eigenvalue weighted by Gasteiger charge is -2.20. The molecule has 3 N–H and O–H groups in total. The zero-order valence-corrected chi connectivity index (χ0v) is 14.1. The van der Waals surface area contributed by atoms with Gasteiger partial charge in [-0.2, -0.15) is 0 Å². The number of furan rings is 1. The zero-order chi connectivity index (χ0) is 17.5. The third kappa shape index (κ3) is 4.72. The van der Waals surface area contributed by atoms with Crippen LogP contribution in [0.1, 0.15) is 32.4 Å². The van der Waals surface area contributed by atoms with E-state index in [1.165, 1.54) is 0 Å². The fourth-order valence-corrected chi connectivity index (χ4v) is 2.48. The summed E-state index contributed by atoms with van der Waals surface area (Å²) in [6.07, 6.45) is 1.50. The van der Waals surface area contributed by atoms with Crippen LogP contribution in [0, 0.1) is 5.92 Å². The summed E-state index contributed by atoms with van der Waals surface area (Å²) in [5.74, 6) is 0.836. The Morgan fingerprint density at radius 3 is 2.50 bits per heavy atom. The van der Waals surface area contributed by atoms with Crippen LogP contribution in [-0.4, -0.2) is 17.9 Å². The third-order valence-corrected chi connectivity index (χ3v) is 4.15. The monoisotopic (exact) mass is 328 g/mol. The number of nitrogens with two attached hydrogens (primary N) is 1. The van der Waals surface area contributed by atoms with Crippen molar-refractivity contribution >= 4 is 11.8 Å². The average Bonchev–Trinajstić information content (AvgIpc) is 3.06. The first-order valence-electron chi connectivity index (χ1n) is 8.24. The molecule has 0 saturated heterocycles. The molecule has 0 bridgehead atoms. The smallest absolute Gasteiger partial charge is 0.240 e. The summed E-state index contributed by atoms with van der Waals surface area (Å²) >= 11 is 0. The number of amides is 2. The van der Waals surface area contributed by atoms with Crippen LogP contribution < -0.4 is 11.1 Å². The molecule has 0 aliphatic carbocycles. The van der Waals surface area contributed by atoms with Crippen LogP contribution in [-0.2, 0) is 16.0 Å². The van der Waals surface area contributed by atoms with E-state index in [1.807, 2.05) is 56.3 Å². The van der Waals surface area contributed by atoms with E-state index in [1.54, 1.807) is 0 Å². The highest BCUT2D eigenvalue weighted by molar-refractivity contribution is 5.86. The van der Waals surface area contributed by atoms with Crippen molar-refractivity contribution in [3.63, 3.8) is 0 Å². The van der Waals surface area contributed by atoms with Gasteiger partial charge in [0, 0.05) is 18.4 Å². The molecule has 2 rings (SSSR count). The van der Waals surface area contributed by atoms with E-state index in [-0.39, 0.29) is 18.2 Å². The Bertz CT molecular complexity index is 679. The standard InChI is InChI=1S/C19H24N2O3/c1-3-13(2)18(19(20)23)21-17(22)12-10-15-9-11-16(24-15)14-7-5-4-6-8-14/h4-9,11,13,18H,3,10,12H2,1-2H3,(H2,20,23)(H,21,22). The molecular weight excluding hydrogens is 304 g/mol. The molecule has 1 aromatic heterocycles. The summed E-state index contributed by atoms with van der Waals surface area (Å²) in [6.45, 7) is 3.86. The molecule has 2 unspecified atom stereocenters. The first kappa shape index (κ1) is 17.8. The molecule has 5 nitrogen and oxygen atoms in total. The average molecular weight is 328 g/mol. The van der Waals surface area contributed by atoms with Gasteiger partial charge >= 0.3 is 0 Å². The second-order valence-corrected chi connectivity index (χ2v) is 5.97. The third-order valence-electron chi connectivity index (χ3n) is 4.15. The van der Waals surface area contributed by atoms with E-state index in [2.05, 4.69) is 5.32 Å². The van der Waals surface area contributed by atoms with Gasteiger partial charge in [0.2, 0.25) is 11.8 Å². The molecule has 5 heteroatoms. The summed E-state index contributed by atoms with van der Waals surface area (Å²) in [7, 11) is 0. The molecule has 2 aromatic rings. The van der Waals surface area contributed by atoms with Crippen LogP contribution in [0.2, 0.25) is 0 Å². The van der Waals surface area contributed by atoms with Crippen LogP contribution in [0.3, 0.4) is 0 Å². The minimum atomic E-state index is -0.626. The summed E-state index contributed by atoms with van der Waals surface area (Å²) in [4.78, 5) is 23.5. The predicted octanol–water partition coefficient (Wildman–Crippen LogP) is 2.90. The predicted molar refractivity (Wildman–Crippen MR) is 93.0 cm³/mol. The Morgan fingerprint density at radius 1 is 1.17 bits per heavy atom. The van der Waals surface area contributed by atoms with Gasteiger partial charge in [0.15, 0.2) is 0 Å². The minimum Gasteiger partial charge on any atom is -0.461 e. The summed E-state index contributed by atoms with van der Waals surface area (Å²) in [5.41, 5.74) is 6.36. The largest absolute Gasteiger partial charge is 0.461 e. The number of primary amides is 1. The molecule has 24 heavy (non-hydrogen) atoms. The van der Waals surface area contributed by atoms with Crippen molar-refractivity contribution in [3.05, 3.63) is 48.2 Å². The molecule has 0 radical (unpaired) electrons. The van der Waals surface area contributed by atoms with Gasteiger partial charge in [-0.3, -0.25) is 9.59 Å². The van der Waals surface area contributed by atoms with E-state index in [4.69, 9.17) is 10.2 Å². The van der Waals surface area contributed by atoms with Gasteiger partial charge in [0.05, 0.1) is 0 Å². The fraction of sp³-hybridized carbons (Fsp3) is 0.368. The molecule has 2 amide bonds. The van der Waals surface area contributed by atoms with Gasteiger partial charge in [-0.15, -0.1) is 0 Å². The number of aryl methyl sites for hydroxylation is 1. The lowest BCUT2D eigenvalue weighted by molar-refractivity contribution is -0.128. The second kappa shape index (κ2) is 8.34. The van der Waals surface area contributed by atoms with Crippen molar-refractivity contribution in [1.29, 1.82) is 0 Å². The van der Waals surface area contributed by atoms with Gasteiger partial charge in [-0.05, 0) is 18.1 Å². The van der Waals surface area contributed by atoms with E-state index >= 15 is 0 Å². The highest BCUT2D eigenvalue weighted by atomic mass is 16.3. The Labute approximate surface area is 142 Å². The van der Waals surface area contributed by atoms with Crippen LogP contribution in [0.4, 0.5) is 0 Å². The zero-order valence-electron chi connectivity index (χ0n) is 14.1. The Hall–Kier alpha value is -2.56. The molecule has 128 valence electrons. The molecule has 2 atom stereocenters. The van der Waals surface area contributed by atoms with Crippen molar-refractivity contribution in [3.8, 4) is 11.3 Å². The quantitative estimate of drug-likeness (QED) is 0.781. The molecule has 1 aromatic carbocycles. The number of benzene rings is 1. The van der Waals surface area contributed by atoms with Crippen molar-refractivity contribution in [2.24, 2.45) is 11.7 Å². The van der Waals surface area contributed by atoms with Crippen molar-refractivity contribution in [2.45, 2.75) is 39.2 Å². The van der Waals surface area contributed by atoms with Gasteiger partial charge in [0.1, 0.15) is 17.6 Å². The van der Waals surface area contributed by atoms with E-state index in [9.17, 15) is 9.59 Å². The van der Waals surface area contributed by atoms with Crippen molar-refractivity contribution in [2.75, 3.05) is 0 Å². The maximum absolute atomic E-state index is 12.1. The summed E-state index contributed by atoms with van der Waals surface area (Å²) < 4.78 is 5.77. The Balaban J connectivity index is 1.90. The van der Waals surface area contributed by atoms with Crippen LogP contribution in [0.25, 0.3) is 11.3 Å². The van der Waals surface area contributed by atoms with Gasteiger partial charge in [0.25, 0.3) is 0 Å². The highest BCUT2D eigenvalue weighted by Crippen LogP contribution is 2.22. The molecule has 0 fully saturated rings. The lowest BCUT2D eigenvalue weighted by Crippen LogP contribution is -2.48. The fourth-order valence-electron chi connectivity index (χ4n) is 2.48. The Morgan fingerprint density at radius 2 is 1.88 bits per heavy atom. The van der Waals surface area contributed by atoms with Crippen molar-refractivity contribution < 1.29 is 14.0 Å². The molecule has 0 spiro atoms. The first-order chi connectivity index (χ1) is 11.5. The maximum atomic E-state index is 12.1. The van der Waals surface area contributed by atoms with Gasteiger partial charge in [-0.1, -0.05) is 50.6 Å². The molecule has 1 heterocycles. The maximum Gasteiger partial charge on any atom is 0.240 e. The molecule has 0 aliphatic heterocycles. The molecule has 0 saturated carbocycles. The van der Waals surface area contributed by atoms with E-state index < -0.39 is 11.9 Å². The number of hydrogen-bond donors (Lipinski definition) is 2. The molecular formula is C19H24N2O3. The van der Waals surface area contributed by atoms with Crippen LogP contribution in [0.5, 0.6) is 0 Å².